The molecule has 2 rings (SSSR count). The van der Waals surface area contributed by atoms with Crippen LogP contribution in [0.2, 0.25) is 0 Å². The summed E-state index contributed by atoms with van der Waals surface area (Å²) in [6.07, 6.45) is 1.54. The van der Waals surface area contributed by atoms with Gasteiger partial charge in [0.05, 0.1) is 11.8 Å². The van der Waals surface area contributed by atoms with Crippen molar-refractivity contribution in [2.75, 3.05) is 6.54 Å². The van der Waals surface area contributed by atoms with Crippen LogP contribution >= 0.6 is 0 Å². The second-order valence-electron chi connectivity index (χ2n) is 4.72. The van der Waals surface area contributed by atoms with Gasteiger partial charge in [0.25, 0.3) is 0 Å². The van der Waals surface area contributed by atoms with Crippen LogP contribution in [0.3, 0.4) is 0 Å². The van der Waals surface area contributed by atoms with Gasteiger partial charge in [-0.25, -0.2) is 13.1 Å². The summed E-state index contributed by atoms with van der Waals surface area (Å²) in [4.78, 5) is 0. The van der Waals surface area contributed by atoms with Crippen LogP contribution in [-0.4, -0.2) is 20.2 Å². The Balaban J connectivity index is 2.12. The SMILES string of the molecule is CC(NS(=O)(=O)C1CC1)c1cccc(C#CCN)c1. The van der Waals surface area contributed by atoms with Crippen LogP contribution in [0.25, 0.3) is 0 Å². The minimum absolute atomic E-state index is 0.199. The van der Waals surface area contributed by atoms with Gasteiger partial charge in [-0.15, -0.1) is 0 Å². The first-order valence-electron chi connectivity index (χ1n) is 6.33. The van der Waals surface area contributed by atoms with E-state index in [1.807, 2.05) is 31.2 Å². The number of rotatable bonds is 4. The van der Waals surface area contributed by atoms with Crippen LogP contribution in [-0.2, 0) is 10.0 Å². The summed E-state index contributed by atoms with van der Waals surface area (Å²) in [6.45, 7) is 2.16. The highest BCUT2D eigenvalue weighted by Gasteiger charge is 2.36. The lowest BCUT2D eigenvalue weighted by atomic mass is 10.1. The predicted octanol–water partition coefficient (Wildman–Crippen LogP) is 1.14. The lowest BCUT2D eigenvalue weighted by Crippen LogP contribution is -2.29. The molecule has 0 radical (unpaired) electrons. The van der Waals surface area contributed by atoms with Crippen molar-refractivity contribution in [3.8, 4) is 11.8 Å². The molecule has 0 aliphatic heterocycles. The first kappa shape index (κ1) is 14.1. The third-order valence-corrected chi connectivity index (χ3v) is 5.06. The molecule has 0 amide bonds. The van der Waals surface area contributed by atoms with Crippen molar-refractivity contribution in [1.29, 1.82) is 0 Å². The minimum atomic E-state index is -3.17. The molecule has 1 atom stereocenters. The molecule has 1 saturated carbocycles. The summed E-state index contributed by atoms with van der Waals surface area (Å²) < 4.78 is 26.5. The molecule has 0 saturated heterocycles. The summed E-state index contributed by atoms with van der Waals surface area (Å²) in [6, 6.07) is 7.30. The van der Waals surface area contributed by atoms with Gasteiger partial charge in [-0.05, 0) is 37.5 Å². The molecule has 1 aliphatic rings. The molecular formula is C14H18N2O2S. The molecule has 1 unspecified atom stereocenters. The fourth-order valence-electron chi connectivity index (χ4n) is 1.83. The lowest BCUT2D eigenvalue weighted by Gasteiger charge is -2.14. The van der Waals surface area contributed by atoms with Crippen molar-refractivity contribution in [2.24, 2.45) is 5.73 Å². The predicted molar refractivity (Wildman–Crippen MR) is 75.9 cm³/mol. The van der Waals surface area contributed by atoms with Gasteiger partial charge in [-0.1, -0.05) is 24.0 Å². The summed E-state index contributed by atoms with van der Waals surface area (Å²) in [7, 11) is -3.17. The zero-order valence-corrected chi connectivity index (χ0v) is 11.7. The van der Waals surface area contributed by atoms with Gasteiger partial charge in [0.15, 0.2) is 0 Å². The average Bonchev–Trinajstić information content (AvgIpc) is 3.20. The largest absolute Gasteiger partial charge is 0.320 e. The van der Waals surface area contributed by atoms with Gasteiger partial charge < -0.3 is 5.73 Å². The molecule has 5 heteroatoms. The monoisotopic (exact) mass is 278 g/mol. The quantitative estimate of drug-likeness (QED) is 0.811. The van der Waals surface area contributed by atoms with Crippen LogP contribution < -0.4 is 10.5 Å². The van der Waals surface area contributed by atoms with Crippen molar-refractivity contribution >= 4 is 10.0 Å². The second kappa shape index (κ2) is 5.74. The maximum Gasteiger partial charge on any atom is 0.215 e. The number of sulfonamides is 1. The fraction of sp³-hybridized carbons (Fsp3) is 0.429. The first-order chi connectivity index (χ1) is 9.03. The maximum atomic E-state index is 11.9. The van der Waals surface area contributed by atoms with E-state index in [-0.39, 0.29) is 11.3 Å². The van der Waals surface area contributed by atoms with Gasteiger partial charge in [-0.2, -0.15) is 0 Å². The van der Waals surface area contributed by atoms with E-state index < -0.39 is 10.0 Å². The molecule has 19 heavy (non-hydrogen) atoms. The van der Waals surface area contributed by atoms with E-state index in [2.05, 4.69) is 16.6 Å². The van der Waals surface area contributed by atoms with E-state index >= 15 is 0 Å². The molecule has 3 N–H and O–H groups in total. The zero-order valence-electron chi connectivity index (χ0n) is 10.9. The summed E-state index contributed by atoms with van der Waals surface area (Å²) in [5, 5.41) is -0.199. The van der Waals surface area contributed by atoms with E-state index in [0.29, 0.717) is 6.54 Å². The molecule has 0 bridgehead atoms. The smallest absolute Gasteiger partial charge is 0.215 e. The Morgan fingerprint density at radius 2 is 2.21 bits per heavy atom. The normalized spacial score (nSPS) is 16.5. The number of nitrogens with one attached hydrogen (secondary N) is 1. The molecule has 4 nitrogen and oxygen atoms in total. The van der Waals surface area contributed by atoms with Crippen molar-refractivity contribution in [2.45, 2.75) is 31.1 Å². The first-order valence-corrected chi connectivity index (χ1v) is 7.87. The number of benzene rings is 1. The molecule has 1 aliphatic carbocycles. The van der Waals surface area contributed by atoms with E-state index in [9.17, 15) is 8.42 Å². The van der Waals surface area contributed by atoms with Crippen molar-refractivity contribution in [3.05, 3.63) is 35.4 Å². The summed E-state index contributed by atoms with van der Waals surface area (Å²) >= 11 is 0. The molecule has 102 valence electrons. The van der Waals surface area contributed by atoms with Crippen LogP contribution in [0.4, 0.5) is 0 Å². The van der Waals surface area contributed by atoms with Crippen molar-refractivity contribution in [1.82, 2.24) is 4.72 Å². The third-order valence-electron chi connectivity index (χ3n) is 3.03. The average molecular weight is 278 g/mol. The fourth-order valence-corrected chi connectivity index (χ4v) is 3.41. The van der Waals surface area contributed by atoms with Crippen LogP contribution in [0.5, 0.6) is 0 Å². The minimum Gasteiger partial charge on any atom is -0.320 e. The maximum absolute atomic E-state index is 11.9. The molecular weight excluding hydrogens is 260 g/mol. The summed E-state index contributed by atoms with van der Waals surface area (Å²) in [5.74, 6) is 5.73. The Hall–Kier alpha value is -1.35. The van der Waals surface area contributed by atoms with Crippen LogP contribution in [0.15, 0.2) is 24.3 Å². The van der Waals surface area contributed by atoms with Gasteiger partial charge in [0.1, 0.15) is 0 Å². The Morgan fingerprint density at radius 1 is 1.47 bits per heavy atom. The van der Waals surface area contributed by atoms with E-state index in [0.717, 1.165) is 24.0 Å². The Kier molecular flexibility index (Phi) is 4.25. The molecule has 1 fully saturated rings. The standard InChI is InChI=1S/C14H18N2O2S/c1-11(16-19(17,18)14-7-8-14)13-6-2-4-12(10-13)5-3-9-15/h2,4,6,10-11,14,16H,7-9,15H2,1H3. The Bertz CT molecular complexity index is 610. The van der Waals surface area contributed by atoms with Crippen LogP contribution in [0, 0.1) is 11.8 Å². The van der Waals surface area contributed by atoms with E-state index in [1.165, 1.54) is 0 Å². The Labute approximate surface area is 114 Å². The highest BCUT2D eigenvalue weighted by atomic mass is 32.2. The number of nitrogens with two attached hydrogens (primary N) is 1. The summed E-state index contributed by atoms with van der Waals surface area (Å²) in [5.41, 5.74) is 7.09. The van der Waals surface area contributed by atoms with Crippen molar-refractivity contribution < 1.29 is 8.42 Å². The number of hydrogen-bond acceptors (Lipinski definition) is 3. The topological polar surface area (TPSA) is 72.2 Å². The Morgan fingerprint density at radius 3 is 2.84 bits per heavy atom. The third kappa shape index (κ3) is 3.80. The molecule has 1 aromatic carbocycles. The van der Waals surface area contributed by atoms with Gasteiger partial charge in [0.2, 0.25) is 10.0 Å². The second-order valence-corrected chi connectivity index (χ2v) is 6.71. The number of hydrogen-bond donors (Lipinski definition) is 2. The zero-order chi connectivity index (χ0) is 13.9. The molecule has 0 heterocycles. The van der Waals surface area contributed by atoms with Gasteiger partial charge >= 0.3 is 0 Å². The van der Waals surface area contributed by atoms with Gasteiger partial charge in [0, 0.05) is 11.6 Å². The highest BCUT2D eigenvalue weighted by molar-refractivity contribution is 7.90. The van der Waals surface area contributed by atoms with E-state index in [4.69, 9.17) is 5.73 Å². The molecule has 0 spiro atoms. The highest BCUT2D eigenvalue weighted by Crippen LogP contribution is 2.29. The molecule has 1 aromatic rings. The van der Waals surface area contributed by atoms with E-state index in [1.54, 1.807) is 0 Å². The molecule has 0 aromatic heterocycles. The van der Waals surface area contributed by atoms with Gasteiger partial charge in [-0.3, -0.25) is 0 Å². The van der Waals surface area contributed by atoms with Crippen molar-refractivity contribution in [3.63, 3.8) is 0 Å². The van der Waals surface area contributed by atoms with Crippen LogP contribution in [0.1, 0.15) is 36.9 Å². The lowest BCUT2D eigenvalue weighted by molar-refractivity contribution is 0.565.